The van der Waals surface area contributed by atoms with Gasteiger partial charge >= 0.3 is 0 Å². The first-order chi connectivity index (χ1) is 11.9. The zero-order chi connectivity index (χ0) is 18.0. The molecule has 1 amide bonds. The summed E-state index contributed by atoms with van der Waals surface area (Å²) < 4.78 is 4.18. The highest BCUT2D eigenvalue weighted by atomic mass is 35.5. The average Bonchev–Trinajstić information content (AvgIpc) is 3.23. The van der Waals surface area contributed by atoms with Gasteiger partial charge < -0.3 is 19.8 Å². The molecule has 0 aromatic carbocycles. The third-order valence-electron chi connectivity index (χ3n) is 4.75. The Labute approximate surface area is 172 Å². The van der Waals surface area contributed by atoms with Gasteiger partial charge in [-0.1, -0.05) is 0 Å². The molecule has 3 heterocycles. The summed E-state index contributed by atoms with van der Waals surface area (Å²) in [6, 6.07) is 0. The number of likely N-dealkylation sites (tertiary alicyclic amines) is 1. The van der Waals surface area contributed by atoms with Crippen molar-refractivity contribution in [1.82, 2.24) is 29.2 Å². The molecule has 152 valence electrons. The van der Waals surface area contributed by atoms with Crippen molar-refractivity contribution in [3.63, 3.8) is 0 Å². The molecule has 8 nitrogen and oxygen atoms in total. The fourth-order valence-corrected chi connectivity index (χ4v) is 3.40. The summed E-state index contributed by atoms with van der Waals surface area (Å²) in [4.78, 5) is 18.3. The molecule has 1 aliphatic heterocycles. The summed E-state index contributed by atoms with van der Waals surface area (Å²) >= 11 is 0. The highest BCUT2D eigenvalue weighted by Crippen LogP contribution is 2.28. The summed E-state index contributed by atoms with van der Waals surface area (Å²) in [5.74, 6) is 2.31. The maximum absolute atomic E-state index is 12.3. The molecule has 0 unspecified atom stereocenters. The Hall–Kier alpha value is -1.64. The van der Waals surface area contributed by atoms with Crippen molar-refractivity contribution in [2.45, 2.75) is 58.2 Å². The Morgan fingerprint density at radius 1 is 1.26 bits per heavy atom. The van der Waals surface area contributed by atoms with Crippen LogP contribution in [0.25, 0.3) is 0 Å². The van der Waals surface area contributed by atoms with E-state index in [1.165, 1.54) is 0 Å². The lowest BCUT2D eigenvalue weighted by atomic mass is 9.94. The Kier molecular flexibility index (Phi) is 8.25. The largest absolute Gasteiger partial charge is 0.341 e. The van der Waals surface area contributed by atoms with E-state index in [4.69, 9.17) is 5.73 Å². The summed E-state index contributed by atoms with van der Waals surface area (Å²) in [5.41, 5.74) is 5.13. The minimum atomic E-state index is -0.811. The third kappa shape index (κ3) is 5.21. The van der Waals surface area contributed by atoms with E-state index in [1.54, 1.807) is 26.4 Å². The molecule has 0 aliphatic carbocycles. The van der Waals surface area contributed by atoms with Crippen molar-refractivity contribution in [3.05, 3.63) is 30.4 Å². The van der Waals surface area contributed by atoms with Gasteiger partial charge in [0, 0.05) is 37.9 Å². The lowest BCUT2D eigenvalue weighted by Gasteiger charge is -2.35. The standard InChI is InChI=1S/C17H27N7O.2ClH/c1-4-24-14(11-22-10-7-19-12-22)20-21-15(24)13-5-8-23(9-6-13)16(25)17(2,3)18;;/h7,10,12-13H,4-6,8-9,11,18H2,1-3H3;2*1H. The maximum atomic E-state index is 12.3. The summed E-state index contributed by atoms with van der Waals surface area (Å²) in [6.07, 6.45) is 7.26. The van der Waals surface area contributed by atoms with Crippen LogP contribution in [0.1, 0.15) is 51.2 Å². The van der Waals surface area contributed by atoms with Crippen LogP contribution in [0.2, 0.25) is 0 Å². The van der Waals surface area contributed by atoms with Crippen LogP contribution in [0.5, 0.6) is 0 Å². The molecule has 1 fully saturated rings. The number of rotatable bonds is 5. The predicted octanol–water partition coefficient (Wildman–Crippen LogP) is 1.83. The van der Waals surface area contributed by atoms with Crippen LogP contribution in [0, 0.1) is 0 Å². The van der Waals surface area contributed by atoms with E-state index in [-0.39, 0.29) is 30.7 Å². The molecule has 1 aliphatic rings. The van der Waals surface area contributed by atoms with Crippen molar-refractivity contribution in [1.29, 1.82) is 0 Å². The molecule has 2 aromatic heterocycles. The van der Waals surface area contributed by atoms with Crippen LogP contribution < -0.4 is 5.73 Å². The second kappa shape index (κ2) is 9.52. The summed E-state index contributed by atoms with van der Waals surface area (Å²) in [6.45, 7) is 8.57. The highest BCUT2D eigenvalue weighted by Gasteiger charge is 2.32. The van der Waals surface area contributed by atoms with Crippen molar-refractivity contribution in [2.24, 2.45) is 5.73 Å². The SMILES string of the molecule is CCn1c(Cn2ccnc2)nnc1C1CCN(C(=O)C(C)(C)N)CC1.Cl.Cl. The van der Waals surface area contributed by atoms with Gasteiger partial charge in [-0.3, -0.25) is 4.79 Å². The van der Waals surface area contributed by atoms with E-state index < -0.39 is 5.54 Å². The van der Waals surface area contributed by atoms with Gasteiger partial charge in [0.05, 0.1) is 18.4 Å². The van der Waals surface area contributed by atoms with Gasteiger partial charge in [-0.25, -0.2) is 4.98 Å². The van der Waals surface area contributed by atoms with Crippen LogP contribution in [-0.4, -0.2) is 53.8 Å². The molecule has 0 radical (unpaired) electrons. The van der Waals surface area contributed by atoms with Gasteiger partial charge in [0.1, 0.15) is 5.82 Å². The Balaban J connectivity index is 0.00000182. The van der Waals surface area contributed by atoms with Gasteiger partial charge in [0.25, 0.3) is 0 Å². The van der Waals surface area contributed by atoms with Crippen molar-refractivity contribution < 1.29 is 4.79 Å². The Morgan fingerprint density at radius 3 is 2.44 bits per heavy atom. The van der Waals surface area contributed by atoms with Gasteiger partial charge in [-0.15, -0.1) is 35.0 Å². The maximum Gasteiger partial charge on any atom is 0.242 e. The van der Waals surface area contributed by atoms with Crippen LogP contribution in [0.15, 0.2) is 18.7 Å². The highest BCUT2D eigenvalue weighted by molar-refractivity contribution is 5.86. The van der Waals surface area contributed by atoms with Gasteiger partial charge in [0.2, 0.25) is 5.91 Å². The number of hydrogen-bond donors (Lipinski definition) is 1. The first-order valence-corrected chi connectivity index (χ1v) is 8.86. The van der Waals surface area contributed by atoms with Crippen LogP contribution in [0.4, 0.5) is 0 Å². The molecular weight excluding hydrogens is 389 g/mol. The lowest BCUT2D eigenvalue weighted by molar-refractivity contribution is -0.136. The molecule has 0 spiro atoms. The Morgan fingerprint density at radius 2 is 1.93 bits per heavy atom. The first-order valence-electron chi connectivity index (χ1n) is 8.86. The summed E-state index contributed by atoms with van der Waals surface area (Å²) in [7, 11) is 0. The molecule has 2 N–H and O–H groups in total. The number of nitrogens with two attached hydrogens (primary N) is 1. The molecule has 0 bridgehead atoms. The van der Waals surface area contributed by atoms with Crippen LogP contribution in [0.3, 0.4) is 0 Å². The lowest BCUT2D eigenvalue weighted by Crippen LogP contribution is -2.53. The number of nitrogens with zero attached hydrogens (tertiary/aromatic N) is 6. The van der Waals surface area contributed by atoms with E-state index in [0.29, 0.717) is 12.5 Å². The predicted molar refractivity (Wildman–Crippen MR) is 108 cm³/mol. The molecular formula is C17H29Cl2N7O. The number of piperidine rings is 1. The molecule has 27 heavy (non-hydrogen) atoms. The van der Waals surface area contributed by atoms with E-state index in [1.807, 2.05) is 15.7 Å². The van der Waals surface area contributed by atoms with Gasteiger partial charge in [0.15, 0.2) is 5.82 Å². The number of aromatic nitrogens is 5. The monoisotopic (exact) mass is 417 g/mol. The first kappa shape index (κ1) is 23.4. The van der Waals surface area contributed by atoms with E-state index >= 15 is 0 Å². The van der Waals surface area contributed by atoms with Crippen LogP contribution >= 0.6 is 24.8 Å². The molecule has 2 aromatic rings. The zero-order valence-corrected chi connectivity index (χ0v) is 17.7. The van der Waals surface area contributed by atoms with Crippen molar-refractivity contribution in [2.75, 3.05) is 13.1 Å². The quantitative estimate of drug-likeness (QED) is 0.800. The van der Waals surface area contributed by atoms with E-state index in [2.05, 4.69) is 26.7 Å². The van der Waals surface area contributed by atoms with Crippen LogP contribution in [-0.2, 0) is 17.9 Å². The fraction of sp³-hybridized carbons (Fsp3) is 0.647. The fourth-order valence-electron chi connectivity index (χ4n) is 3.40. The molecule has 0 atom stereocenters. The number of hydrogen-bond acceptors (Lipinski definition) is 5. The smallest absolute Gasteiger partial charge is 0.242 e. The zero-order valence-electron chi connectivity index (χ0n) is 16.0. The number of amides is 1. The van der Waals surface area contributed by atoms with Crippen molar-refractivity contribution >= 4 is 30.7 Å². The molecule has 0 saturated carbocycles. The third-order valence-corrected chi connectivity index (χ3v) is 4.75. The normalized spacial score (nSPS) is 15.2. The molecule has 3 rings (SSSR count). The topological polar surface area (TPSA) is 94.9 Å². The van der Waals surface area contributed by atoms with E-state index in [9.17, 15) is 4.79 Å². The Bertz CT molecular complexity index is 716. The van der Waals surface area contributed by atoms with Crippen molar-refractivity contribution in [3.8, 4) is 0 Å². The summed E-state index contributed by atoms with van der Waals surface area (Å²) in [5, 5.41) is 8.86. The van der Waals surface area contributed by atoms with E-state index in [0.717, 1.165) is 44.1 Å². The minimum Gasteiger partial charge on any atom is -0.341 e. The number of imidazole rings is 1. The average molecular weight is 418 g/mol. The molecule has 1 saturated heterocycles. The second-order valence-corrected chi connectivity index (χ2v) is 7.24. The second-order valence-electron chi connectivity index (χ2n) is 7.24. The number of halogens is 2. The molecule has 10 heteroatoms. The number of carbonyl (C=O) groups excluding carboxylic acids is 1. The number of carbonyl (C=O) groups is 1. The van der Waals surface area contributed by atoms with Gasteiger partial charge in [-0.2, -0.15) is 0 Å². The van der Waals surface area contributed by atoms with Gasteiger partial charge in [-0.05, 0) is 33.6 Å². The minimum absolute atomic E-state index is 0.